The summed E-state index contributed by atoms with van der Waals surface area (Å²) in [5, 5.41) is 6.08. The number of halogens is 1. The second-order valence-electron chi connectivity index (χ2n) is 5.44. The van der Waals surface area contributed by atoms with E-state index in [1.54, 1.807) is 24.4 Å². The van der Waals surface area contributed by atoms with Gasteiger partial charge in [0, 0.05) is 24.8 Å². The molecule has 1 aromatic carbocycles. The van der Waals surface area contributed by atoms with Crippen molar-refractivity contribution in [2.45, 2.75) is 32.7 Å². The van der Waals surface area contributed by atoms with Crippen LogP contribution in [0.3, 0.4) is 0 Å². The summed E-state index contributed by atoms with van der Waals surface area (Å²) in [4.78, 5) is 27.5. The Hall–Kier alpha value is -2.40. The van der Waals surface area contributed by atoms with Crippen LogP contribution in [0.5, 0.6) is 0 Å². The van der Waals surface area contributed by atoms with Crippen molar-refractivity contribution in [3.05, 3.63) is 58.9 Å². The van der Waals surface area contributed by atoms with E-state index in [2.05, 4.69) is 15.6 Å². The molecule has 2 rings (SSSR count). The number of aromatic nitrogens is 1. The molecule has 0 spiro atoms. The van der Waals surface area contributed by atoms with E-state index in [1.165, 1.54) is 0 Å². The fourth-order valence-electron chi connectivity index (χ4n) is 2.12. The summed E-state index contributed by atoms with van der Waals surface area (Å²) < 4.78 is 0. The highest BCUT2D eigenvalue weighted by molar-refractivity contribution is 6.29. The fraction of sp³-hybridized carbons (Fsp3) is 0.278. The Morgan fingerprint density at radius 2 is 1.75 bits per heavy atom. The Labute approximate surface area is 146 Å². The minimum absolute atomic E-state index is 0.000401. The van der Waals surface area contributed by atoms with Crippen LogP contribution in [0.4, 0.5) is 5.69 Å². The standard InChI is InChI=1S/C18H20ClN3O2/c1-2-3-17(23)22-15-7-4-13(5-8-15)10-18(24)21-12-14-6-9-16(19)20-11-14/h4-9,11H,2-3,10,12H2,1H3,(H,21,24)(H,22,23). The maximum atomic E-state index is 12.0. The zero-order chi connectivity index (χ0) is 17.4. The van der Waals surface area contributed by atoms with Crippen molar-refractivity contribution in [1.29, 1.82) is 0 Å². The molecule has 0 saturated carbocycles. The lowest BCUT2D eigenvalue weighted by atomic mass is 10.1. The van der Waals surface area contributed by atoms with E-state index in [0.29, 0.717) is 18.1 Å². The quantitative estimate of drug-likeness (QED) is 0.756. The van der Waals surface area contributed by atoms with E-state index in [0.717, 1.165) is 23.2 Å². The van der Waals surface area contributed by atoms with Crippen molar-refractivity contribution in [1.82, 2.24) is 10.3 Å². The molecule has 0 atom stereocenters. The molecule has 5 nitrogen and oxygen atoms in total. The average Bonchev–Trinajstić information content (AvgIpc) is 2.56. The van der Waals surface area contributed by atoms with E-state index in [-0.39, 0.29) is 18.2 Å². The van der Waals surface area contributed by atoms with Crippen molar-refractivity contribution in [2.75, 3.05) is 5.32 Å². The Kier molecular flexibility index (Phi) is 6.75. The van der Waals surface area contributed by atoms with Crippen molar-refractivity contribution in [3.63, 3.8) is 0 Å². The minimum atomic E-state index is -0.0762. The molecule has 0 bridgehead atoms. The van der Waals surface area contributed by atoms with E-state index < -0.39 is 0 Å². The third-order valence-electron chi connectivity index (χ3n) is 3.36. The maximum Gasteiger partial charge on any atom is 0.224 e. The van der Waals surface area contributed by atoms with Crippen LogP contribution in [0.1, 0.15) is 30.9 Å². The van der Waals surface area contributed by atoms with Gasteiger partial charge in [-0.05, 0) is 35.7 Å². The van der Waals surface area contributed by atoms with Gasteiger partial charge in [-0.2, -0.15) is 0 Å². The zero-order valence-corrected chi connectivity index (χ0v) is 14.3. The second-order valence-corrected chi connectivity index (χ2v) is 5.83. The van der Waals surface area contributed by atoms with E-state index in [9.17, 15) is 9.59 Å². The maximum absolute atomic E-state index is 12.0. The number of nitrogens with zero attached hydrogens (tertiary/aromatic N) is 1. The molecule has 1 aromatic heterocycles. The monoisotopic (exact) mass is 345 g/mol. The van der Waals surface area contributed by atoms with E-state index >= 15 is 0 Å². The van der Waals surface area contributed by atoms with E-state index in [4.69, 9.17) is 11.6 Å². The molecular weight excluding hydrogens is 326 g/mol. The minimum Gasteiger partial charge on any atom is -0.352 e. The van der Waals surface area contributed by atoms with Crippen LogP contribution < -0.4 is 10.6 Å². The molecule has 6 heteroatoms. The van der Waals surface area contributed by atoms with Crippen LogP contribution in [0.15, 0.2) is 42.6 Å². The predicted molar refractivity (Wildman–Crippen MR) is 94.8 cm³/mol. The first-order valence-electron chi connectivity index (χ1n) is 7.82. The van der Waals surface area contributed by atoms with Gasteiger partial charge in [-0.25, -0.2) is 4.98 Å². The molecule has 2 amide bonds. The van der Waals surface area contributed by atoms with Gasteiger partial charge in [-0.1, -0.05) is 36.7 Å². The van der Waals surface area contributed by atoms with Crippen LogP contribution in [0, 0.1) is 0 Å². The first-order chi connectivity index (χ1) is 11.6. The number of benzene rings is 1. The first-order valence-corrected chi connectivity index (χ1v) is 8.20. The van der Waals surface area contributed by atoms with Gasteiger partial charge in [0.25, 0.3) is 0 Å². The third-order valence-corrected chi connectivity index (χ3v) is 3.58. The first kappa shape index (κ1) is 17.9. The van der Waals surface area contributed by atoms with Gasteiger partial charge in [0.2, 0.25) is 11.8 Å². The van der Waals surface area contributed by atoms with Gasteiger partial charge in [0.15, 0.2) is 0 Å². The van der Waals surface area contributed by atoms with Crippen molar-refractivity contribution in [3.8, 4) is 0 Å². The fourth-order valence-corrected chi connectivity index (χ4v) is 2.23. The number of hydrogen-bond donors (Lipinski definition) is 2. The number of hydrogen-bond acceptors (Lipinski definition) is 3. The lowest BCUT2D eigenvalue weighted by Gasteiger charge is -2.07. The molecule has 2 N–H and O–H groups in total. The number of carbonyl (C=O) groups excluding carboxylic acids is 2. The summed E-state index contributed by atoms with van der Waals surface area (Å²) in [6.07, 6.45) is 3.23. The Balaban J connectivity index is 1.81. The lowest BCUT2D eigenvalue weighted by molar-refractivity contribution is -0.120. The lowest BCUT2D eigenvalue weighted by Crippen LogP contribution is -2.24. The van der Waals surface area contributed by atoms with Crippen molar-refractivity contribution < 1.29 is 9.59 Å². The van der Waals surface area contributed by atoms with Crippen LogP contribution in [-0.4, -0.2) is 16.8 Å². The highest BCUT2D eigenvalue weighted by atomic mass is 35.5. The highest BCUT2D eigenvalue weighted by Gasteiger charge is 2.05. The summed E-state index contributed by atoms with van der Waals surface area (Å²) >= 11 is 5.72. The summed E-state index contributed by atoms with van der Waals surface area (Å²) in [6.45, 7) is 2.37. The van der Waals surface area contributed by atoms with Crippen molar-refractivity contribution >= 4 is 29.1 Å². The van der Waals surface area contributed by atoms with Crippen LogP contribution in [0.2, 0.25) is 5.15 Å². The van der Waals surface area contributed by atoms with Crippen molar-refractivity contribution in [2.24, 2.45) is 0 Å². The average molecular weight is 346 g/mol. The second kappa shape index (κ2) is 9.03. The van der Waals surface area contributed by atoms with Crippen LogP contribution >= 0.6 is 11.6 Å². The molecule has 2 aromatic rings. The predicted octanol–water partition coefficient (Wildman–Crippen LogP) is 3.33. The molecular formula is C18H20ClN3O2. The number of anilines is 1. The molecule has 0 aliphatic carbocycles. The molecule has 24 heavy (non-hydrogen) atoms. The number of amides is 2. The largest absolute Gasteiger partial charge is 0.352 e. The molecule has 1 heterocycles. The van der Waals surface area contributed by atoms with Gasteiger partial charge < -0.3 is 10.6 Å². The summed E-state index contributed by atoms with van der Waals surface area (Å²) in [7, 11) is 0. The summed E-state index contributed by atoms with van der Waals surface area (Å²) in [5.74, 6) is -0.0766. The number of carbonyl (C=O) groups is 2. The molecule has 0 aliphatic heterocycles. The molecule has 0 unspecified atom stereocenters. The number of nitrogens with one attached hydrogen (secondary N) is 2. The Morgan fingerprint density at radius 3 is 2.38 bits per heavy atom. The molecule has 0 aliphatic rings. The van der Waals surface area contributed by atoms with Gasteiger partial charge in [0.1, 0.15) is 5.15 Å². The molecule has 0 radical (unpaired) electrons. The Morgan fingerprint density at radius 1 is 1.04 bits per heavy atom. The van der Waals surface area contributed by atoms with Gasteiger partial charge in [-0.3, -0.25) is 9.59 Å². The van der Waals surface area contributed by atoms with E-state index in [1.807, 2.05) is 25.1 Å². The van der Waals surface area contributed by atoms with Gasteiger partial charge in [0.05, 0.1) is 6.42 Å². The number of rotatable bonds is 7. The molecule has 0 fully saturated rings. The Bertz CT molecular complexity index is 684. The highest BCUT2D eigenvalue weighted by Crippen LogP contribution is 2.11. The molecule has 126 valence electrons. The SMILES string of the molecule is CCCC(=O)Nc1ccc(CC(=O)NCc2ccc(Cl)nc2)cc1. The third kappa shape index (κ3) is 6.01. The normalized spacial score (nSPS) is 10.2. The zero-order valence-electron chi connectivity index (χ0n) is 13.5. The van der Waals surface area contributed by atoms with Crippen LogP contribution in [0.25, 0.3) is 0 Å². The smallest absolute Gasteiger partial charge is 0.224 e. The summed E-state index contributed by atoms with van der Waals surface area (Å²) in [5.41, 5.74) is 2.52. The number of pyridine rings is 1. The van der Waals surface area contributed by atoms with Gasteiger partial charge in [-0.15, -0.1) is 0 Å². The molecule has 0 saturated heterocycles. The van der Waals surface area contributed by atoms with Gasteiger partial charge >= 0.3 is 0 Å². The van der Waals surface area contributed by atoms with Crippen LogP contribution in [-0.2, 0) is 22.6 Å². The topological polar surface area (TPSA) is 71.1 Å². The summed E-state index contributed by atoms with van der Waals surface area (Å²) in [6, 6.07) is 10.8.